The minimum atomic E-state index is -0.969. The first-order chi connectivity index (χ1) is 12.8. The molecule has 0 saturated heterocycles. The monoisotopic (exact) mass is 362 g/mol. The highest BCUT2D eigenvalue weighted by Gasteiger charge is 2.19. The summed E-state index contributed by atoms with van der Waals surface area (Å²) in [5.74, 6) is -0.106. The molecule has 5 nitrogen and oxygen atoms in total. The molecule has 0 radical (unpaired) electrons. The van der Waals surface area contributed by atoms with Crippen molar-refractivity contribution >= 4 is 12.0 Å². The first-order valence-corrected chi connectivity index (χ1v) is 8.74. The van der Waals surface area contributed by atoms with Gasteiger partial charge in [-0.05, 0) is 53.8 Å². The molecule has 27 heavy (non-hydrogen) atoms. The summed E-state index contributed by atoms with van der Waals surface area (Å²) >= 11 is 0. The number of nitrogens with zero attached hydrogens (tertiary/aromatic N) is 2. The van der Waals surface area contributed by atoms with Gasteiger partial charge in [-0.25, -0.2) is 4.79 Å². The van der Waals surface area contributed by atoms with E-state index in [1.807, 2.05) is 19.1 Å². The van der Waals surface area contributed by atoms with E-state index >= 15 is 0 Å². The van der Waals surface area contributed by atoms with Gasteiger partial charge in [0.1, 0.15) is 0 Å². The highest BCUT2D eigenvalue weighted by atomic mass is 16.5. The Balaban J connectivity index is 1.97. The maximum Gasteiger partial charge on any atom is 0.335 e. The molecule has 5 heteroatoms. The van der Waals surface area contributed by atoms with E-state index in [0.717, 1.165) is 5.56 Å². The topological polar surface area (TPSA) is 76.2 Å². The molecule has 3 aromatic rings. The van der Waals surface area contributed by atoms with Crippen LogP contribution in [0.3, 0.4) is 0 Å². The van der Waals surface area contributed by atoms with Crippen molar-refractivity contribution in [2.24, 2.45) is 0 Å². The number of benzene rings is 2. The van der Waals surface area contributed by atoms with Gasteiger partial charge in [-0.3, -0.25) is 0 Å². The van der Waals surface area contributed by atoms with E-state index in [1.54, 1.807) is 12.1 Å². The van der Waals surface area contributed by atoms with Crippen molar-refractivity contribution in [3.05, 3.63) is 65.2 Å². The Morgan fingerprint density at radius 2 is 1.74 bits per heavy atom. The van der Waals surface area contributed by atoms with E-state index in [0.29, 0.717) is 17.3 Å². The van der Waals surface area contributed by atoms with Gasteiger partial charge in [-0.1, -0.05) is 50.2 Å². The predicted octanol–water partition coefficient (Wildman–Crippen LogP) is 5.43. The van der Waals surface area contributed by atoms with E-state index in [2.05, 4.69) is 49.1 Å². The second-order valence-electron chi connectivity index (χ2n) is 7.36. The number of carboxylic acid groups (broad SMARTS) is 1. The van der Waals surface area contributed by atoms with Crippen molar-refractivity contribution < 1.29 is 14.4 Å². The predicted molar refractivity (Wildman–Crippen MR) is 106 cm³/mol. The van der Waals surface area contributed by atoms with Crippen molar-refractivity contribution in [1.82, 2.24) is 10.1 Å². The molecule has 0 spiro atoms. The van der Waals surface area contributed by atoms with Gasteiger partial charge in [-0.15, -0.1) is 0 Å². The Bertz CT molecular complexity index is 993. The molecule has 0 saturated carbocycles. The van der Waals surface area contributed by atoms with Gasteiger partial charge in [0.15, 0.2) is 0 Å². The van der Waals surface area contributed by atoms with Crippen molar-refractivity contribution in [3.8, 4) is 22.8 Å². The van der Waals surface area contributed by atoms with Gasteiger partial charge in [0, 0.05) is 11.1 Å². The molecule has 3 rings (SSSR count). The van der Waals surface area contributed by atoms with E-state index in [9.17, 15) is 4.79 Å². The fourth-order valence-corrected chi connectivity index (χ4v) is 2.88. The lowest BCUT2D eigenvalue weighted by molar-refractivity contribution is 0.0697. The Labute approximate surface area is 158 Å². The molecule has 0 aliphatic carbocycles. The van der Waals surface area contributed by atoms with Crippen LogP contribution in [0.5, 0.6) is 0 Å². The summed E-state index contributed by atoms with van der Waals surface area (Å²) in [7, 11) is 0. The Hall–Kier alpha value is -3.21. The number of hydrogen-bond donors (Lipinski definition) is 1. The quantitative estimate of drug-likeness (QED) is 0.669. The van der Waals surface area contributed by atoms with Crippen LogP contribution in [-0.2, 0) is 5.41 Å². The minimum absolute atomic E-state index is 0.0237. The van der Waals surface area contributed by atoms with E-state index in [-0.39, 0.29) is 11.0 Å². The summed E-state index contributed by atoms with van der Waals surface area (Å²) in [4.78, 5) is 15.4. The molecular weight excluding hydrogens is 340 g/mol. The van der Waals surface area contributed by atoms with Gasteiger partial charge in [0.25, 0.3) is 5.89 Å². The first-order valence-electron chi connectivity index (χ1n) is 8.74. The van der Waals surface area contributed by atoms with Gasteiger partial charge in [0.2, 0.25) is 5.82 Å². The second kappa shape index (κ2) is 7.19. The van der Waals surface area contributed by atoms with E-state index < -0.39 is 5.97 Å². The summed E-state index contributed by atoms with van der Waals surface area (Å²) < 4.78 is 5.39. The third kappa shape index (κ3) is 3.97. The maximum atomic E-state index is 11.0. The highest BCUT2D eigenvalue weighted by Crippen LogP contribution is 2.31. The van der Waals surface area contributed by atoms with Gasteiger partial charge < -0.3 is 9.63 Å². The van der Waals surface area contributed by atoms with Crippen LogP contribution in [0.25, 0.3) is 28.9 Å². The number of rotatable bonds is 4. The Kier molecular flexibility index (Phi) is 4.95. The minimum Gasteiger partial charge on any atom is -0.478 e. The SMILES string of the molecule is C/C=C/c1ccc(-c2noc(-c3ccc(C(=O)O)cc3)n2)cc1C(C)(C)C. The van der Waals surface area contributed by atoms with E-state index in [1.165, 1.54) is 23.3 Å². The molecule has 0 aliphatic rings. The fourth-order valence-electron chi connectivity index (χ4n) is 2.88. The molecule has 0 amide bonds. The molecule has 138 valence electrons. The number of aromatic nitrogens is 2. The largest absolute Gasteiger partial charge is 0.478 e. The lowest BCUT2D eigenvalue weighted by Crippen LogP contribution is -2.13. The number of carbonyl (C=O) groups is 1. The van der Waals surface area contributed by atoms with Crippen molar-refractivity contribution in [3.63, 3.8) is 0 Å². The van der Waals surface area contributed by atoms with Crippen LogP contribution in [0.15, 0.2) is 53.1 Å². The molecule has 0 aliphatic heterocycles. The molecule has 0 unspecified atom stereocenters. The summed E-state index contributed by atoms with van der Waals surface area (Å²) in [6.45, 7) is 8.52. The number of allylic oxidation sites excluding steroid dienone is 1. The zero-order valence-corrected chi connectivity index (χ0v) is 15.9. The Morgan fingerprint density at radius 1 is 1.07 bits per heavy atom. The third-order valence-corrected chi connectivity index (χ3v) is 4.27. The third-order valence-electron chi connectivity index (χ3n) is 4.27. The molecule has 1 aromatic heterocycles. The van der Waals surface area contributed by atoms with Crippen LogP contribution >= 0.6 is 0 Å². The Morgan fingerprint density at radius 3 is 2.33 bits per heavy atom. The van der Waals surface area contributed by atoms with Crippen LogP contribution in [0.1, 0.15) is 49.2 Å². The summed E-state index contributed by atoms with van der Waals surface area (Å²) in [5, 5.41) is 13.1. The maximum absolute atomic E-state index is 11.0. The second-order valence-corrected chi connectivity index (χ2v) is 7.36. The van der Waals surface area contributed by atoms with Crippen LogP contribution in [-0.4, -0.2) is 21.2 Å². The van der Waals surface area contributed by atoms with Gasteiger partial charge in [-0.2, -0.15) is 4.98 Å². The molecule has 1 N–H and O–H groups in total. The molecular formula is C22H22N2O3. The number of carboxylic acids is 1. The number of hydrogen-bond acceptors (Lipinski definition) is 4. The average molecular weight is 362 g/mol. The van der Waals surface area contributed by atoms with Crippen LogP contribution in [0.4, 0.5) is 0 Å². The summed E-state index contributed by atoms with van der Waals surface area (Å²) in [6.07, 6.45) is 4.12. The van der Waals surface area contributed by atoms with Crippen molar-refractivity contribution in [2.75, 3.05) is 0 Å². The van der Waals surface area contributed by atoms with Crippen LogP contribution in [0.2, 0.25) is 0 Å². The summed E-state index contributed by atoms with van der Waals surface area (Å²) in [5.41, 5.74) is 4.12. The van der Waals surface area contributed by atoms with Crippen LogP contribution in [0, 0.1) is 0 Å². The lowest BCUT2D eigenvalue weighted by atomic mass is 9.82. The first kappa shape index (κ1) is 18.6. The molecule has 1 heterocycles. The molecule has 0 atom stereocenters. The molecule has 2 aromatic carbocycles. The lowest BCUT2D eigenvalue weighted by Gasteiger charge is -2.22. The van der Waals surface area contributed by atoms with Crippen molar-refractivity contribution in [2.45, 2.75) is 33.1 Å². The zero-order valence-electron chi connectivity index (χ0n) is 15.9. The van der Waals surface area contributed by atoms with Crippen LogP contribution < -0.4 is 0 Å². The molecule has 0 bridgehead atoms. The highest BCUT2D eigenvalue weighted by molar-refractivity contribution is 5.88. The number of aromatic carboxylic acids is 1. The summed E-state index contributed by atoms with van der Waals surface area (Å²) in [6, 6.07) is 12.5. The fraction of sp³-hybridized carbons (Fsp3) is 0.227. The van der Waals surface area contributed by atoms with E-state index in [4.69, 9.17) is 9.63 Å². The van der Waals surface area contributed by atoms with Gasteiger partial charge >= 0.3 is 5.97 Å². The average Bonchev–Trinajstić information content (AvgIpc) is 3.11. The normalized spacial score (nSPS) is 11.9. The standard InChI is InChI=1S/C22H22N2O3/c1-5-6-14-7-12-17(13-18(14)22(2,3)4)19-23-20(27-24-19)15-8-10-16(11-9-15)21(25)26/h5-13H,1-4H3,(H,25,26)/b6-5+. The van der Waals surface area contributed by atoms with Crippen molar-refractivity contribution in [1.29, 1.82) is 0 Å². The molecule has 0 fully saturated rings. The van der Waals surface area contributed by atoms with Gasteiger partial charge in [0.05, 0.1) is 5.56 Å². The smallest absolute Gasteiger partial charge is 0.335 e. The zero-order chi connectivity index (χ0) is 19.6.